The van der Waals surface area contributed by atoms with Crippen molar-refractivity contribution in [2.45, 2.75) is 26.8 Å². The van der Waals surface area contributed by atoms with E-state index in [0.29, 0.717) is 18.9 Å². The van der Waals surface area contributed by atoms with E-state index in [9.17, 15) is 9.59 Å². The third-order valence-corrected chi connectivity index (χ3v) is 5.06. The summed E-state index contributed by atoms with van der Waals surface area (Å²) >= 11 is 0. The molecule has 2 heterocycles. The summed E-state index contributed by atoms with van der Waals surface area (Å²) in [6.07, 6.45) is 0. The largest absolute Gasteiger partial charge is 0.368 e. The molecule has 0 unspecified atom stereocenters. The molecule has 2 N–H and O–H groups in total. The molecule has 0 bridgehead atoms. The highest BCUT2D eigenvalue weighted by Gasteiger charge is 2.28. The Morgan fingerprint density at radius 1 is 0.966 bits per heavy atom. The molecule has 1 aliphatic heterocycles. The van der Waals surface area contributed by atoms with Crippen LogP contribution in [0.15, 0.2) is 48.5 Å². The van der Waals surface area contributed by atoms with E-state index in [1.54, 1.807) is 11.0 Å². The summed E-state index contributed by atoms with van der Waals surface area (Å²) in [6.45, 7) is 8.47. The molecule has 3 amide bonds. The van der Waals surface area contributed by atoms with Gasteiger partial charge in [-0.1, -0.05) is 38.1 Å². The molecule has 1 aliphatic rings. The lowest BCUT2D eigenvalue weighted by Gasteiger charge is -2.37. The normalized spacial score (nSPS) is 15.2. The first-order valence-corrected chi connectivity index (χ1v) is 10.0. The van der Waals surface area contributed by atoms with Crippen molar-refractivity contribution in [1.29, 1.82) is 0 Å². The van der Waals surface area contributed by atoms with Gasteiger partial charge in [0.25, 0.3) is 0 Å². The van der Waals surface area contributed by atoms with Crippen LogP contribution < -0.4 is 15.5 Å². The summed E-state index contributed by atoms with van der Waals surface area (Å²) < 4.78 is 0. The van der Waals surface area contributed by atoms with Crippen LogP contribution in [0.5, 0.6) is 0 Å². The zero-order valence-electron chi connectivity index (χ0n) is 17.3. The number of aryl methyl sites for hydroxylation is 1. The van der Waals surface area contributed by atoms with Gasteiger partial charge in [0.05, 0.1) is 0 Å². The maximum Gasteiger partial charge on any atom is 0.318 e. The van der Waals surface area contributed by atoms with E-state index in [2.05, 4.69) is 32.7 Å². The standard InChI is InChI=1S/C22H29N5O2/c1-16(2)20(21(28)24-19-11-7-8-17(3)23-19)25-22(29)27-14-12-26(13-15-27)18-9-5-4-6-10-18/h4-11,16,20H,12-15H2,1-3H3,(H,25,29)(H,23,24,28)/t20-/m1/s1. The fourth-order valence-electron chi connectivity index (χ4n) is 3.38. The van der Waals surface area contributed by atoms with Gasteiger partial charge in [-0.2, -0.15) is 0 Å². The monoisotopic (exact) mass is 395 g/mol. The molecule has 0 saturated carbocycles. The molecule has 1 atom stereocenters. The minimum atomic E-state index is -0.628. The molecule has 1 aromatic carbocycles. The molecule has 0 radical (unpaired) electrons. The Hall–Kier alpha value is -3.09. The van der Waals surface area contributed by atoms with E-state index in [0.717, 1.165) is 24.5 Å². The van der Waals surface area contributed by atoms with E-state index < -0.39 is 6.04 Å². The third kappa shape index (κ3) is 5.47. The number of nitrogens with zero attached hydrogens (tertiary/aromatic N) is 3. The van der Waals surface area contributed by atoms with Gasteiger partial charge < -0.3 is 20.4 Å². The van der Waals surface area contributed by atoms with Crippen LogP contribution in [0.4, 0.5) is 16.3 Å². The van der Waals surface area contributed by atoms with Crippen molar-refractivity contribution in [1.82, 2.24) is 15.2 Å². The SMILES string of the molecule is Cc1cccc(NC(=O)[C@H](NC(=O)N2CCN(c3ccccc3)CC2)C(C)C)n1. The van der Waals surface area contributed by atoms with Crippen LogP contribution in [0.2, 0.25) is 0 Å². The molecule has 3 rings (SSSR count). The van der Waals surface area contributed by atoms with E-state index in [4.69, 9.17) is 0 Å². The summed E-state index contributed by atoms with van der Waals surface area (Å²) in [5.41, 5.74) is 1.99. The van der Waals surface area contributed by atoms with Crippen LogP contribution in [0, 0.1) is 12.8 Å². The Labute approximate surface area is 172 Å². The molecule has 1 fully saturated rings. The number of piperazine rings is 1. The summed E-state index contributed by atoms with van der Waals surface area (Å²) in [4.78, 5) is 33.8. The van der Waals surface area contributed by atoms with Crippen LogP contribution in [-0.2, 0) is 4.79 Å². The number of aromatic nitrogens is 1. The number of urea groups is 1. The second-order valence-corrected chi connectivity index (χ2v) is 7.63. The van der Waals surface area contributed by atoms with Crippen LogP contribution in [0.1, 0.15) is 19.5 Å². The van der Waals surface area contributed by atoms with Crippen molar-refractivity contribution >= 4 is 23.4 Å². The van der Waals surface area contributed by atoms with Crippen molar-refractivity contribution in [2.75, 3.05) is 36.4 Å². The quantitative estimate of drug-likeness (QED) is 0.816. The minimum Gasteiger partial charge on any atom is -0.368 e. The van der Waals surface area contributed by atoms with Crippen LogP contribution >= 0.6 is 0 Å². The minimum absolute atomic E-state index is 0.0469. The fourth-order valence-corrected chi connectivity index (χ4v) is 3.38. The number of hydrogen-bond acceptors (Lipinski definition) is 4. The number of rotatable bonds is 5. The van der Waals surface area contributed by atoms with Gasteiger partial charge in [0.15, 0.2) is 0 Å². The van der Waals surface area contributed by atoms with Gasteiger partial charge in [-0.05, 0) is 37.1 Å². The number of amides is 3. The van der Waals surface area contributed by atoms with Crippen LogP contribution in [0.25, 0.3) is 0 Å². The van der Waals surface area contributed by atoms with Gasteiger partial charge in [-0.3, -0.25) is 4.79 Å². The van der Waals surface area contributed by atoms with E-state index in [-0.39, 0.29) is 17.9 Å². The number of nitrogens with one attached hydrogen (secondary N) is 2. The smallest absolute Gasteiger partial charge is 0.318 e. The Kier molecular flexibility index (Phi) is 6.69. The summed E-state index contributed by atoms with van der Waals surface area (Å²) in [6, 6.07) is 14.8. The average Bonchev–Trinajstić information content (AvgIpc) is 2.72. The maximum absolute atomic E-state index is 12.8. The predicted molar refractivity (Wildman–Crippen MR) is 115 cm³/mol. The molecule has 29 heavy (non-hydrogen) atoms. The molecular weight excluding hydrogens is 366 g/mol. The van der Waals surface area contributed by atoms with Gasteiger partial charge in [0, 0.05) is 37.6 Å². The fraction of sp³-hybridized carbons (Fsp3) is 0.409. The van der Waals surface area contributed by atoms with Crippen LogP contribution in [0.3, 0.4) is 0 Å². The maximum atomic E-state index is 12.8. The number of pyridine rings is 1. The summed E-state index contributed by atoms with van der Waals surface area (Å²) in [7, 11) is 0. The van der Waals surface area contributed by atoms with Crippen molar-refractivity contribution in [3.8, 4) is 0 Å². The molecule has 2 aromatic rings. The number of carbonyl (C=O) groups is 2. The van der Waals surface area contributed by atoms with Crippen LogP contribution in [-0.4, -0.2) is 54.0 Å². The first-order valence-electron chi connectivity index (χ1n) is 10.0. The van der Waals surface area contributed by atoms with Crippen molar-refractivity contribution in [3.05, 3.63) is 54.2 Å². The number of para-hydroxylation sites is 1. The highest BCUT2D eigenvalue weighted by atomic mass is 16.2. The van der Waals surface area contributed by atoms with E-state index in [1.807, 2.05) is 51.1 Å². The molecule has 7 heteroatoms. The molecule has 0 aliphatic carbocycles. The van der Waals surface area contributed by atoms with Gasteiger partial charge in [-0.15, -0.1) is 0 Å². The highest BCUT2D eigenvalue weighted by molar-refractivity contribution is 5.96. The van der Waals surface area contributed by atoms with Gasteiger partial charge in [-0.25, -0.2) is 9.78 Å². The number of benzene rings is 1. The molecular formula is C22H29N5O2. The molecule has 0 spiro atoms. The second-order valence-electron chi connectivity index (χ2n) is 7.63. The molecule has 7 nitrogen and oxygen atoms in total. The molecule has 1 aromatic heterocycles. The van der Waals surface area contributed by atoms with Gasteiger partial charge in [0.1, 0.15) is 11.9 Å². The highest BCUT2D eigenvalue weighted by Crippen LogP contribution is 2.16. The number of hydrogen-bond donors (Lipinski definition) is 2. The first-order chi connectivity index (χ1) is 13.9. The zero-order valence-corrected chi connectivity index (χ0v) is 17.3. The van der Waals surface area contributed by atoms with Crippen molar-refractivity contribution < 1.29 is 9.59 Å². The number of anilines is 2. The van der Waals surface area contributed by atoms with E-state index >= 15 is 0 Å². The lowest BCUT2D eigenvalue weighted by Crippen LogP contribution is -2.56. The first kappa shape index (κ1) is 20.6. The van der Waals surface area contributed by atoms with E-state index in [1.165, 1.54) is 0 Å². The Morgan fingerprint density at radius 3 is 2.28 bits per heavy atom. The van der Waals surface area contributed by atoms with Crippen molar-refractivity contribution in [3.63, 3.8) is 0 Å². The van der Waals surface area contributed by atoms with Crippen molar-refractivity contribution in [2.24, 2.45) is 5.92 Å². The zero-order chi connectivity index (χ0) is 20.8. The summed E-state index contributed by atoms with van der Waals surface area (Å²) in [5, 5.41) is 5.71. The lowest BCUT2D eigenvalue weighted by atomic mass is 10.0. The predicted octanol–water partition coefficient (Wildman–Crippen LogP) is 2.88. The molecule has 154 valence electrons. The number of carbonyl (C=O) groups excluding carboxylic acids is 2. The Morgan fingerprint density at radius 2 is 1.66 bits per heavy atom. The molecule has 1 saturated heterocycles. The van der Waals surface area contributed by atoms with Gasteiger partial charge in [0.2, 0.25) is 5.91 Å². The Bertz CT molecular complexity index is 832. The lowest BCUT2D eigenvalue weighted by molar-refractivity contribution is -0.118. The Balaban J connectivity index is 1.56. The summed E-state index contributed by atoms with van der Waals surface area (Å²) in [5.74, 6) is 0.190. The third-order valence-electron chi connectivity index (χ3n) is 5.06. The second kappa shape index (κ2) is 9.41. The topological polar surface area (TPSA) is 77.6 Å². The van der Waals surface area contributed by atoms with Gasteiger partial charge >= 0.3 is 6.03 Å². The average molecular weight is 396 g/mol.